The second-order valence-corrected chi connectivity index (χ2v) is 7.64. The van der Waals surface area contributed by atoms with Gasteiger partial charge >= 0.3 is 5.97 Å². The minimum absolute atomic E-state index is 0.146. The molecule has 0 fully saturated rings. The van der Waals surface area contributed by atoms with Crippen molar-refractivity contribution in [2.24, 2.45) is 7.05 Å². The molecule has 2 aromatic heterocycles. The predicted octanol–water partition coefficient (Wildman–Crippen LogP) is 3.46. The SMILES string of the molecule is Cc1[nH]c2ccccc2c1C(=O)OC(C)C(=O)Nc1c(C)n(C)n(-c2ccccc2)c1=O. The first-order valence-electron chi connectivity index (χ1n) is 10.2. The number of hydrogen-bond donors (Lipinski definition) is 2. The van der Waals surface area contributed by atoms with Gasteiger partial charge in [-0.05, 0) is 39.0 Å². The van der Waals surface area contributed by atoms with Crippen LogP contribution in [-0.2, 0) is 16.6 Å². The number of aryl methyl sites for hydroxylation is 1. The molecule has 0 radical (unpaired) electrons. The van der Waals surface area contributed by atoms with Gasteiger partial charge in [-0.25, -0.2) is 9.48 Å². The first kappa shape index (κ1) is 21.2. The Morgan fingerprint density at radius 2 is 1.69 bits per heavy atom. The number of anilines is 1. The van der Waals surface area contributed by atoms with Crippen molar-refractivity contribution in [2.75, 3.05) is 5.32 Å². The van der Waals surface area contributed by atoms with Gasteiger partial charge in [0.05, 0.1) is 16.9 Å². The summed E-state index contributed by atoms with van der Waals surface area (Å²) in [6.45, 7) is 4.99. The number of hydrogen-bond acceptors (Lipinski definition) is 4. The number of amides is 1. The van der Waals surface area contributed by atoms with Crippen LogP contribution < -0.4 is 10.9 Å². The molecule has 8 heteroatoms. The van der Waals surface area contributed by atoms with Gasteiger partial charge in [0.2, 0.25) is 0 Å². The molecule has 164 valence electrons. The summed E-state index contributed by atoms with van der Waals surface area (Å²) in [5.74, 6) is -1.18. The van der Waals surface area contributed by atoms with E-state index in [1.165, 1.54) is 11.6 Å². The van der Waals surface area contributed by atoms with Crippen LogP contribution in [0.5, 0.6) is 0 Å². The quantitative estimate of drug-likeness (QED) is 0.472. The van der Waals surface area contributed by atoms with Crippen LogP contribution in [0.15, 0.2) is 59.4 Å². The Morgan fingerprint density at radius 1 is 1.03 bits per heavy atom. The van der Waals surface area contributed by atoms with Crippen molar-refractivity contribution < 1.29 is 14.3 Å². The molecule has 4 rings (SSSR count). The Balaban J connectivity index is 1.55. The maximum Gasteiger partial charge on any atom is 0.341 e. The molecule has 0 aliphatic heterocycles. The average molecular weight is 432 g/mol. The fourth-order valence-corrected chi connectivity index (χ4v) is 3.75. The lowest BCUT2D eigenvalue weighted by Gasteiger charge is -2.13. The number of ether oxygens (including phenoxy) is 1. The van der Waals surface area contributed by atoms with E-state index in [9.17, 15) is 14.4 Å². The van der Waals surface area contributed by atoms with E-state index in [2.05, 4.69) is 10.3 Å². The van der Waals surface area contributed by atoms with E-state index in [-0.39, 0.29) is 11.2 Å². The van der Waals surface area contributed by atoms with Gasteiger partial charge in [-0.15, -0.1) is 0 Å². The van der Waals surface area contributed by atoms with E-state index < -0.39 is 18.0 Å². The number of nitrogens with one attached hydrogen (secondary N) is 2. The summed E-state index contributed by atoms with van der Waals surface area (Å²) in [5.41, 5.74) is 2.91. The minimum Gasteiger partial charge on any atom is -0.449 e. The van der Waals surface area contributed by atoms with Gasteiger partial charge in [0.15, 0.2) is 6.10 Å². The molecule has 4 aromatic rings. The number of esters is 1. The standard InChI is InChI=1S/C24H24N4O4/c1-14-20(18-12-8-9-13-19(18)25-14)24(31)32-16(3)22(29)26-21-15(2)27(4)28(23(21)30)17-10-6-5-7-11-17/h5-13,16,25H,1-4H3,(H,26,29). The summed E-state index contributed by atoms with van der Waals surface area (Å²) in [6.07, 6.45) is -1.10. The highest BCUT2D eigenvalue weighted by atomic mass is 16.5. The number of H-pyrrole nitrogens is 1. The largest absolute Gasteiger partial charge is 0.449 e. The predicted molar refractivity (Wildman–Crippen MR) is 122 cm³/mol. The Kier molecular flexibility index (Phi) is 5.44. The lowest BCUT2D eigenvalue weighted by molar-refractivity contribution is -0.123. The molecular formula is C24H24N4O4. The van der Waals surface area contributed by atoms with Crippen molar-refractivity contribution in [3.05, 3.63) is 81.9 Å². The van der Waals surface area contributed by atoms with Crippen molar-refractivity contribution in [1.82, 2.24) is 14.3 Å². The van der Waals surface area contributed by atoms with Crippen molar-refractivity contribution in [2.45, 2.75) is 26.9 Å². The van der Waals surface area contributed by atoms with Crippen molar-refractivity contribution in [1.29, 1.82) is 0 Å². The first-order valence-corrected chi connectivity index (χ1v) is 10.2. The number of para-hydroxylation sites is 2. The molecule has 0 bridgehead atoms. The summed E-state index contributed by atoms with van der Waals surface area (Å²) < 4.78 is 8.57. The molecule has 8 nitrogen and oxygen atoms in total. The molecular weight excluding hydrogens is 408 g/mol. The fourth-order valence-electron chi connectivity index (χ4n) is 3.75. The smallest absolute Gasteiger partial charge is 0.341 e. The lowest BCUT2D eigenvalue weighted by Crippen LogP contribution is -2.32. The second kappa shape index (κ2) is 8.22. The zero-order valence-electron chi connectivity index (χ0n) is 18.3. The third-order valence-electron chi connectivity index (χ3n) is 5.55. The van der Waals surface area contributed by atoms with Crippen LogP contribution >= 0.6 is 0 Å². The normalized spacial score (nSPS) is 12.0. The van der Waals surface area contributed by atoms with E-state index in [0.717, 1.165) is 10.9 Å². The van der Waals surface area contributed by atoms with Gasteiger partial charge in [-0.1, -0.05) is 36.4 Å². The Hall–Kier alpha value is -4.07. The van der Waals surface area contributed by atoms with Gasteiger partial charge in [-0.2, -0.15) is 0 Å². The molecule has 0 aliphatic rings. The number of aromatic nitrogens is 3. The fraction of sp³-hybridized carbons (Fsp3) is 0.208. The zero-order valence-corrected chi connectivity index (χ0v) is 18.3. The van der Waals surface area contributed by atoms with Crippen LogP contribution in [0, 0.1) is 13.8 Å². The van der Waals surface area contributed by atoms with Gasteiger partial charge < -0.3 is 15.0 Å². The van der Waals surface area contributed by atoms with E-state index in [1.807, 2.05) is 42.5 Å². The van der Waals surface area contributed by atoms with Crippen molar-refractivity contribution in [3.63, 3.8) is 0 Å². The summed E-state index contributed by atoms with van der Waals surface area (Å²) >= 11 is 0. The summed E-state index contributed by atoms with van der Waals surface area (Å²) in [5, 5.41) is 3.36. The van der Waals surface area contributed by atoms with Crippen LogP contribution in [0.4, 0.5) is 5.69 Å². The first-order chi connectivity index (χ1) is 15.3. The lowest BCUT2D eigenvalue weighted by atomic mass is 10.1. The number of carbonyl (C=O) groups excluding carboxylic acids is 2. The topological polar surface area (TPSA) is 98.1 Å². The number of benzene rings is 2. The highest BCUT2D eigenvalue weighted by molar-refractivity contribution is 6.06. The maximum atomic E-state index is 13.0. The zero-order chi connectivity index (χ0) is 23.0. The average Bonchev–Trinajstić information content (AvgIpc) is 3.22. The van der Waals surface area contributed by atoms with Crippen molar-refractivity contribution >= 4 is 28.5 Å². The molecule has 0 aliphatic carbocycles. The Labute approximate surface area is 184 Å². The van der Waals surface area contributed by atoms with Crippen LogP contribution in [-0.4, -0.2) is 32.3 Å². The van der Waals surface area contributed by atoms with E-state index in [0.29, 0.717) is 22.6 Å². The third-order valence-corrected chi connectivity index (χ3v) is 5.55. The monoisotopic (exact) mass is 432 g/mol. The van der Waals surface area contributed by atoms with Crippen LogP contribution in [0.2, 0.25) is 0 Å². The van der Waals surface area contributed by atoms with Crippen LogP contribution in [0.1, 0.15) is 28.7 Å². The number of carbonyl (C=O) groups is 2. The molecule has 32 heavy (non-hydrogen) atoms. The van der Waals surface area contributed by atoms with E-state index in [1.54, 1.807) is 37.7 Å². The molecule has 2 aromatic carbocycles. The molecule has 2 heterocycles. The second-order valence-electron chi connectivity index (χ2n) is 7.64. The minimum atomic E-state index is -1.10. The maximum absolute atomic E-state index is 13.0. The highest BCUT2D eigenvalue weighted by Crippen LogP contribution is 2.23. The number of aromatic amines is 1. The van der Waals surface area contributed by atoms with Gasteiger partial charge in [0.1, 0.15) is 5.69 Å². The van der Waals surface area contributed by atoms with E-state index in [4.69, 9.17) is 4.74 Å². The summed E-state index contributed by atoms with van der Waals surface area (Å²) in [4.78, 5) is 41.7. The molecule has 0 saturated carbocycles. The van der Waals surface area contributed by atoms with Gasteiger partial charge in [0.25, 0.3) is 11.5 Å². The van der Waals surface area contributed by atoms with Crippen LogP contribution in [0.25, 0.3) is 16.6 Å². The Morgan fingerprint density at radius 3 is 2.41 bits per heavy atom. The Bertz CT molecular complexity index is 1380. The van der Waals surface area contributed by atoms with Crippen LogP contribution in [0.3, 0.4) is 0 Å². The molecule has 0 saturated heterocycles. The molecule has 2 N–H and O–H groups in total. The number of nitrogens with zero attached hydrogens (tertiary/aromatic N) is 2. The third kappa shape index (κ3) is 3.60. The number of rotatable bonds is 5. The van der Waals surface area contributed by atoms with Crippen molar-refractivity contribution in [3.8, 4) is 5.69 Å². The summed E-state index contributed by atoms with van der Waals surface area (Å²) in [7, 11) is 1.74. The molecule has 1 unspecified atom stereocenters. The van der Waals surface area contributed by atoms with E-state index >= 15 is 0 Å². The number of fused-ring (bicyclic) bond motifs is 1. The molecule has 1 atom stereocenters. The van der Waals surface area contributed by atoms with Gasteiger partial charge in [-0.3, -0.25) is 14.3 Å². The molecule has 1 amide bonds. The molecule has 0 spiro atoms. The highest BCUT2D eigenvalue weighted by Gasteiger charge is 2.25. The van der Waals surface area contributed by atoms with Gasteiger partial charge in [0, 0.05) is 23.6 Å². The summed E-state index contributed by atoms with van der Waals surface area (Å²) in [6, 6.07) is 16.5.